The predicted octanol–water partition coefficient (Wildman–Crippen LogP) is 2.28. The van der Waals surface area contributed by atoms with Gasteiger partial charge in [0.2, 0.25) is 0 Å². The summed E-state index contributed by atoms with van der Waals surface area (Å²) in [7, 11) is 0. The molecule has 0 bridgehead atoms. The number of carbonyl (C=O) groups excluding carboxylic acids is 1. The van der Waals surface area contributed by atoms with Gasteiger partial charge in [-0.3, -0.25) is 0 Å². The van der Waals surface area contributed by atoms with Crippen molar-refractivity contribution in [3.8, 4) is 0 Å². The van der Waals surface area contributed by atoms with E-state index in [2.05, 4.69) is 5.10 Å². The van der Waals surface area contributed by atoms with Gasteiger partial charge in [-0.1, -0.05) is 0 Å². The Labute approximate surface area is 111 Å². The van der Waals surface area contributed by atoms with Crippen LogP contribution in [0.4, 0.5) is 5.69 Å². The molecule has 5 nitrogen and oxygen atoms in total. The number of aromatic nitrogens is 2. The molecule has 19 heavy (non-hydrogen) atoms. The Morgan fingerprint density at radius 3 is 2.95 bits per heavy atom. The number of anilines is 1. The summed E-state index contributed by atoms with van der Waals surface area (Å²) in [6.45, 7) is 4.10. The average molecular weight is 259 g/mol. The first kappa shape index (κ1) is 12.0. The summed E-state index contributed by atoms with van der Waals surface area (Å²) in [5, 5.41) is 4.54. The second-order valence-corrected chi connectivity index (χ2v) is 5.00. The predicted molar refractivity (Wildman–Crippen MR) is 72.3 cm³/mol. The molecule has 0 spiro atoms. The molecule has 2 aromatic heterocycles. The van der Waals surface area contributed by atoms with E-state index < -0.39 is 0 Å². The number of aryl methyl sites for hydroxylation is 1. The van der Waals surface area contributed by atoms with Crippen LogP contribution < -0.4 is 5.73 Å². The molecule has 3 rings (SSSR count). The summed E-state index contributed by atoms with van der Waals surface area (Å²) in [5.74, 6) is 0.0866. The molecule has 1 saturated carbocycles. The Morgan fingerprint density at radius 2 is 2.32 bits per heavy atom. The summed E-state index contributed by atoms with van der Waals surface area (Å²) in [6, 6.07) is 1.81. The lowest BCUT2D eigenvalue weighted by molar-refractivity contribution is 0.0527. The van der Waals surface area contributed by atoms with E-state index >= 15 is 0 Å². The van der Waals surface area contributed by atoms with Crippen molar-refractivity contribution >= 4 is 17.2 Å². The van der Waals surface area contributed by atoms with E-state index in [4.69, 9.17) is 10.5 Å². The molecule has 0 aromatic carbocycles. The Bertz CT molecular complexity index is 656. The Balaban J connectivity index is 2.22. The quantitative estimate of drug-likeness (QED) is 0.858. The fraction of sp³-hybridized carbons (Fsp3) is 0.429. The summed E-state index contributed by atoms with van der Waals surface area (Å²) in [5.41, 5.74) is 9.72. The molecule has 0 amide bonds. The number of nitrogens with zero attached hydrogens (tertiary/aromatic N) is 2. The highest BCUT2D eigenvalue weighted by Crippen LogP contribution is 2.42. The molecule has 1 aliphatic carbocycles. The molecule has 0 atom stereocenters. The standard InChI is InChI=1S/C14H17N3O2/c1-3-19-14(18)12-11-6-10(15)8(2)7-17(11)16-13(12)9-4-5-9/h6-7,9H,3-5,15H2,1-2H3. The highest BCUT2D eigenvalue weighted by molar-refractivity contribution is 5.99. The maximum atomic E-state index is 12.2. The highest BCUT2D eigenvalue weighted by Gasteiger charge is 2.33. The lowest BCUT2D eigenvalue weighted by Gasteiger charge is -2.04. The minimum Gasteiger partial charge on any atom is -0.462 e. The third-order valence-electron chi connectivity index (χ3n) is 3.48. The van der Waals surface area contributed by atoms with Crippen molar-refractivity contribution in [3.05, 3.63) is 29.1 Å². The number of ether oxygens (including phenoxy) is 1. The number of pyridine rings is 1. The van der Waals surface area contributed by atoms with Crippen LogP contribution in [0.5, 0.6) is 0 Å². The third-order valence-corrected chi connectivity index (χ3v) is 3.48. The zero-order chi connectivity index (χ0) is 13.6. The molecule has 1 aliphatic rings. The topological polar surface area (TPSA) is 69.6 Å². The Morgan fingerprint density at radius 1 is 1.58 bits per heavy atom. The van der Waals surface area contributed by atoms with Crippen LogP contribution in [0, 0.1) is 6.92 Å². The average Bonchev–Trinajstić information content (AvgIpc) is 3.13. The number of nitrogen functional groups attached to an aromatic ring is 1. The van der Waals surface area contributed by atoms with Gasteiger partial charge >= 0.3 is 5.97 Å². The number of rotatable bonds is 3. The monoisotopic (exact) mass is 259 g/mol. The maximum Gasteiger partial charge on any atom is 0.342 e. The van der Waals surface area contributed by atoms with Crippen LogP contribution in [-0.4, -0.2) is 22.2 Å². The van der Waals surface area contributed by atoms with Gasteiger partial charge in [0.05, 0.1) is 17.8 Å². The van der Waals surface area contributed by atoms with Gasteiger partial charge in [-0.2, -0.15) is 5.10 Å². The van der Waals surface area contributed by atoms with Crippen LogP contribution >= 0.6 is 0 Å². The molecular formula is C14H17N3O2. The van der Waals surface area contributed by atoms with Crippen LogP contribution in [0.25, 0.3) is 5.52 Å². The third kappa shape index (κ3) is 1.95. The van der Waals surface area contributed by atoms with Crippen molar-refractivity contribution in [2.45, 2.75) is 32.6 Å². The summed E-state index contributed by atoms with van der Waals surface area (Å²) in [4.78, 5) is 12.2. The molecule has 2 aromatic rings. The number of esters is 1. The van der Waals surface area contributed by atoms with E-state index in [1.807, 2.05) is 13.1 Å². The lowest BCUT2D eigenvalue weighted by atomic mass is 10.1. The highest BCUT2D eigenvalue weighted by atomic mass is 16.5. The first-order valence-electron chi connectivity index (χ1n) is 6.57. The minimum atomic E-state index is -0.303. The number of hydrogen-bond donors (Lipinski definition) is 1. The largest absolute Gasteiger partial charge is 0.462 e. The van der Waals surface area contributed by atoms with Gasteiger partial charge in [-0.05, 0) is 38.3 Å². The van der Waals surface area contributed by atoms with Gasteiger partial charge in [0.1, 0.15) is 5.56 Å². The zero-order valence-corrected chi connectivity index (χ0v) is 11.1. The van der Waals surface area contributed by atoms with E-state index in [1.54, 1.807) is 17.5 Å². The maximum absolute atomic E-state index is 12.2. The van der Waals surface area contributed by atoms with Gasteiger partial charge in [0.25, 0.3) is 0 Å². The van der Waals surface area contributed by atoms with Crippen molar-refractivity contribution in [2.75, 3.05) is 12.3 Å². The molecule has 2 N–H and O–H groups in total. The van der Waals surface area contributed by atoms with E-state index in [0.29, 0.717) is 23.8 Å². The number of nitrogens with two attached hydrogens (primary N) is 1. The molecule has 1 fully saturated rings. The van der Waals surface area contributed by atoms with Gasteiger partial charge < -0.3 is 10.5 Å². The Kier molecular flexibility index (Phi) is 2.69. The minimum absolute atomic E-state index is 0.303. The normalized spacial score (nSPS) is 14.8. The van der Waals surface area contributed by atoms with E-state index in [0.717, 1.165) is 29.6 Å². The SMILES string of the molecule is CCOC(=O)c1c(C2CC2)nn2cc(C)c(N)cc12. The molecule has 0 aliphatic heterocycles. The second-order valence-electron chi connectivity index (χ2n) is 5.00. The lowest BCUT2D eigenvalue weighted by Crippen LogP contribution is -2.07. The zero-order valence-electron chi connectivity index (χ0n) is 11.1. The first-order valence-corrected chi connectivity index (χ1v) is 6.57. The molecule has 2 heterocycles. The van der Waals surface area contributed by atoms with Crippen LogP contribution in [-0.2, 0) is 4.74 Å². The first-order chi connectivity index (χ1) is 9.11. The van der Waals surface area contributed by atoms with Gasteiger partial charge in [0.15, 0.2) is 0 Å². The van der Waals surface area contributed by atoms with Gasteiger partial charge in [-0.25, -0.2) is 9.31 Å². The smallest absolute Gasteiger partial charge is 0.342 e. The fourth-order valence-corrected chi connectivity index (χ4v) is 2.28. The van der Waals surface area contributed by atoms with E-state index in [1.165, 1.54) is 0 Å². The number of hydrogen-bond acceptors (Lipinski definition) is 4. The van der Waals surface area contributed by atoms with Crippen molar-refractivity contribution < 1.29 is 9.53 Å². The summed E-state index contributed by atoms with van der Waals surface area (Å²) < 4.78 is 6.89. The van der Waals surface area contributed by atoms with E-state index in [-0.39, 0.29) is 5.97 Å². The van der Waals surface area contributed by atoms with Crippen LogP contribution in [0.2, 0.25) is 0 Å². The molecule has 0 saturated heterocycles. The molecule has 0 radical (unpaired) electrons. The number of fused-ring (bicyclic) bond motifs is 1. The molecular weight excluding hydrogens is 242 g/mol. The fourth-order valence-electron chi connectivity index (χ4n) is 2.28. The van der Waals surface area contributed by atoms with Crippen molar-refractivity contribution in [1.29, 1.82) is 0 Å². The van der Waals surface area contributed by atoms with Gasteiger partial charge in [-0.15, -0.1) is 0 Å². The van der Waals surface area contributed by atoms with Crippen LogP contribution in [0.15, 0.2) is 12.3 Å². The van der Waals surface area contributed by atoms with Crippen LogP contribution in [0.1, 0.15) is 47.3 Å². The second kappa shape index (κ2) is 4.26. The number of carbonyl (C=O) groups is 1. The van der Waals surface area contributed by atoms with Crippen LogP contribution in [0.3, 0.4) is 0 Å². The summed E-state index contributed by atoms with van der Waals surface area (Å²) >= 11 is 0. The Hall–Kier alpha value is -2.04. The molecule has 100 valence electrons. The van der Waals surface area contributed by atoms with E-state index in [9.17, 15) is 4.79 Å². The van der Waals surface area contributed by atoms with Crippen molar-refractivity contribution in [1.82, 2.24) is 9.61 Å². The van der Waals surface area contributed by atoms with Crippen molar-refractivity contribution in [2.24, 2.45) is 0 Å². The van der Waals surface area contributed by atoms with Gasteiger partial charge in [0, 0.05) is 17.8 Å². The summed E-state index contributed by atoms with van der Waals surface area (Å²) in [6.07, 6.45) is 4.04. The molecule has 5 heteroatoms. The molecule has 0 unspecified atom stereocenters. The van der Waals surface area contributed by atoms with Crippen molar-refractivity contribution in [3.63, 3.8) is 0 Å².